The molecule has 0 aromatic heterocycles. The molecule has 10 heteroatoms. The summed E-state index contributed by atoms with van der Waals surface area (Å²) in [5, 5.41) is 19.3. The number of nitro benzene ring substituents is 1. The van der Waals surface area contributed by atoms with Gasteiger partial charge in [0.05, 0.1) is 9.82 Å². The summed E-state index contributed by atoms with van der Waals surface area (Å²) in [5.41, 5.74) is 0.724. The number of sulfonamides is 1. The number of amides is 1. The number of carbonyl (C=O) groups is 1. The average Bonchev–Trinajstić information content (AvgIpc) is 2.67. The fourth-order valence-corrected chi connectivity index (χ4v) is 3.78. The van der Waals surface area contributed by atoms with Crippen LogP contribution in [0.3, 0.4) is 0 Å². The molecule has 2 aromatic rings. The van der Waals surface area contributed by atoms with Gasteiger partial charge in [-0.3, -0.25) is 14.9 Å². The molecule has 1 amide bonds. The fourth-order valence-electron chi connectivity index (χ4n) is 3.24. The van der Waals surface area contributed by atoms with Gasteiger partial charge in [-0.05, 0) is 37.1 Å². The van der Waals surface area contributed by atoms with Crippen LogP contribution in [0.15, 0.2) is 53.4 Å². The van der Waals surface area contributed by atoms with Crippen LogP contribution < -0.4 is 15.4 Å². The minimum atomic E-state index is -4.03. The summed E-state index contributed by atoms with van der Waals surface area (Å²) >= 11 is 0. The third kappa shape index (κ3) is 4.46. The van der Waals surface area contributed by atoms with E-state index in [0.29, 0.717) is 31.6 Å². The molecule has 0 aliphatic carbocycles. The molecule has 0 radical (unpaired) electrons. The van der Waals surface area contributed by atoms with Crippen LogP contribution in [-0.2, 0) is 14.8 Å². The van der Waals surface area contributed by atoms with Gasteiger partial charge in [0, 0.05) is 30.8 Å². The first-order valence-electron chi connectivity index (χ1n) is 8.68. The Kier molecular flexibility index (Phi) is 5.61. The van der Waals surface area contributed by atoms with Crippen LogP contribution in [0.1, 0.15) is 12.8 Å². The van der Waals surface area contributed by atoms with Crippen molar-refractivity contribution >= 4 is 33.0 Å². The number of benzene rings is 2. The molecule has 0 unspecified atom stereocenters. The zero-order valence-electron chi connectivity index (χ0n) is 14.9. The second-order valence-corrected chi connectivity index (χ2v) is 8.13. The highest BCUT2D eigenvalue weighted by Gasteiger charge is 2.29. The van der Waals surface area contributed by atoms with E-state index in [4.69, 9.17) is 5.14 Å². The highest BCUT2D eigenvalue weighted by Crippen LogP contribution is 2.33. The molecule has 0 bridgehead atoms. The van der Waals surface area contributed by atoms with Crippen LogP contribution in [0, 0.1) is 16.0 Å². The largest absolute Gasteiger partial charge is 0.366 e. The number of para-hydroxylation sites is 1. The second kappa shape index (κ2) is 7.95. The smallest absolute Gasteiger partial charge is 0.293 e. The number of nitro groups is 1. The summed E-state index contributed by atoms with van der Waals surface area (Å²) in [6.45, 7) is 0.894. The molecule has 3 N–H and O–H groups in total. The Labute approximate surface area is 162 Å². The highest BCUT2D eigenvalue weighted by molar-refractivity contribution is 7.89. The van der Waals surface area contributed by atoms with Crippen LogP contribution in [0.2, 0.25) is 0 Å². The molecule has 1 aliphatic heterocycles. The average molecular weight is 404 g/mol. The number of rotatable bonds is 5. The lowest BCUT2D eigenvalue weighted by Gasteiger charge is -2.32. The van der Waals surface area contributed by atoms with E-state index in [2.05, 4.69) is 5.32 Å². The van der Waals surface area contributed by atoms with Gasteiger partial charge in [0.25, 0.3) is 5.69 Å². The zero-order chi connectivity index (χ0) is 20.3. The van der Waals surface area contributed by atoms with Crippen molar-refractivity contribution in [2.24, 2.45) is 11.1 Å². The van der Waals surface area contributed by atoms with Gasteiger partial charge in [0.15, 0.2) is 0 Å². The molecule has 1 heterocycles. The van der Waals surface area contributed by atoms with Crippen molar-refractivity contribution in [2.75, 3.05) is 23.3 Å². The number of nitrogens with two attached hydrogens (primary N) is 1. The van der Waals surface area contributed by atoms with Gasteiger partial charge >= 0.3 is 0 Å². The Morgan fingerprint density at radius 3 is 2.36 bits per heavy atom. The number of anilines is 2. The fraction of sp³-hybridized carbons (Fsp3) is 0.278. The van der Waals surface area contributed by atoms with Crippen molar-refractivity contribution in [3.05, 3.63) is 58.6 Å². The monoisotopic (exact) mass is 404 g/mol. The van der Waals surface area contributed by atoms with Gasteiger partial charge < -0.3 is 10.2 Å². The number of piperidine rings is 1. The quantitative estimate of drug-likeness (QED) is 0.578. The van der Waals surface area contributed by atoms with Gasteiger partial charge in [0.2, 0.25) is 15.9 Å². The number of nitrogens with one attached hydrogen (secondary N) is 1. The molecule has 1 aliphatic rings. The maximum absolute atomic E-state index is 12.4. The Hall–Kier alpha value is -2.98. The molecular weight excluding hydrogens is 384 g/mol. The lowest BCUT2D eigenvalue weighted by atomic mass is 9.95. The van der Waals surface area contributed by atoms with Gasteiger partial charge in [-0.15, -0.1) is 0 Å². The highest BCUT2D eigenvalue weighted by atomic mass is 32.2. The molecule has 1 fully saturated rings. The van der Waals surface area contributed by atoms with Crippen molar-refractivity contribution in [1.82, 2.24) is 0 Å². The molecule has 28 heavy (non-hydrogen) atoms. The van der Waals surface area contributed by atoms with Crippen LogP contribution in [0.25, 0.3) is 0 Å². The maximum Gasteiger partial charge on any atom is 0.293 e. The lowest BCUT2D eigenvalue weighted by Crippen LogP contribution is -2.38. The summed E-state index contributed by atoms with van der Waals surface area (Å²) in [6, 6.07) is 12.8. The van der Waals surface area contributed by atoms with Gasteiger partial charge in [-0.25, -0.2) is 13.6 Å². The summed E-state index contributed by atoms with van der Waals surface area (Å²) in [5.74, 6) is -0.274. The van der Waals surface area contributed by atoms with Crippen LogP contribution in [0.4, 0.5) is 17.1 Å². The first-order chi connectivity index (χ1) is 13.3. The first-order valence-corrected chi connectivity index (χ1v) is 10.2. The van der Waals surface area contributed by atoms with Crippen molar-refractivity contribution in [2.45, 2.75) is 17.7 Å². The van der Waals surface area contributed by atoms with E-state index < -0.39 is 14.9 Å². The maximum atomic E-state index is 12.4. The van der Waals surface area contributed by atoms with E-state index in [0.717, 1.165) is 11.8 Å². The third-order valence-electron chi connectivity index (χ3n) is 4.72. The predicted octanol–water partition coefficient (Wildman–Crippen LogP) is 2.10. The van der Waals surface area contributed by atoms with Gasteiger partial charge in [-0.2, -0.15) is 0 Å². The molecule has 148 valence electrons. The number of nitrogens with zero attached hydrogens (tertiary/aromatic N) is 2. The predicted molar refractivity (Wildman–Crippen MR) is 104 cm³/mol. The Morgan fingerprint density at radius 1 is 1.14 bits per heavy atom. The van der Waals surface area contributed by atoms with E-state index in [-0.39, 0.29) is 22.4 Å². The minimum absolute atomic E-state index is 0.0788. The molecule has 2 aromatic carbocycles. The molecule has 3 rings (SSSR count). The Morgan fingerprint density at radius 2 is 1.79 bits per heavy atom. The summed E-state index contributed by atoms with van der Waals surface area (Å²) in [6.07, 6.45) is 1.07. The molecular formula is C18H20N4O5S. The summed E-state index contributed by atoms with van der Waals surface area (Å²) < 4.78 is 22.9. The van der Waals surface area contributed by atoms with E-state index in [1.165, 1.54) is 12.1 Å². The standard InChI is InChI=1S/C18H20N4O5S/c19-28(26,27)15-6-7-16(17(12-15)22(24)25)21-10-8-13(9-11-21)18(23)20-14-4-2-1-3-5-14/h1-7,12-13H,8-11H2,(H,20,23)(H2,19,26,27). The van der Waals surface area contributed by atoms with Gasteiger partial charge in [0.1, 0.15) is 5.69 Å². The van der Waals surface area contributed by atoms with Crippen LogP contribution >= 0.6 is 0 Å². The van der Waals surface area contributed by atoms with Crippen molar-refractivity contribution in [3.8, 4) is 0 Å². The number of hydrogen-bond donors (Lipinski definition) is 2. The first kappa shape index (κ1) is 19.8. The SMILES string of the molecule is NS(=O)(=O)c1ccc(N2CCC(C(=O)Nc3ccccc3)CC2)c([N+](=O)[O-])c1. The zero-order valence-corrected chi connectivity index (χ0v) is 15.8. The molecule has 0 spiro atoms. The molecule has 0 atom stereocenters. The van der Waals surface area contributed by atoms with Crippen LogP contribution in [0.5, 0.6) is 0 Å². The van der Waals surface area contributed by atoms with E-state index in [1.807, 2.05) is 30.3 Å². The van der Waals surface area contributed by atoms with E-state index in [1.54, 1.807) is 4.90 Å². The third-order valence-corrected chi connectivity index (χ3v) is 5.63. The Bertz CT molecular complexity index is 986. The molecule has 9 nitrogen and oxygen atoms in total. The second-order valence-electron chi connectivity index (χ2n) is 6.57. The lowest BCUT2D eigenvalue weighted by molar-refractivity contribution is -0.384. The number of carbonyl (C=O) groups excluding carboxylic acids is 1. The normalized spacial score (nSPS) is 15.2. The topological polar surface area (TPSA) is 136 Å². The molecule has 1 saturated heterocycles. The number of hydrogen-bond acceptors (Lipinski definition) is 6. The van der Waals surface area contributed by atoms with Crippen molar-refractivity contribution in [1.29, 1.82) is 0 Å². The number of primary sulfonamides is 1. The summed E-state index contributed by atoms with van der Waals surface area (Å²) in [4.78, 5) is 24.7. The van der Waals surface area contributed by atoms with E-state index >= 15 is 0 Å². The van der Waals surface area contributed by atoms with E-state index in [9.17, 15) is 23.3 Å². The van der Waals surface area contributed by atoms with Crippen LogP contribution in [-0.4, -0.2) is 32.3 Å². The Balaban J connectivity index is 1.71. The summed E-state index contributed by atoms with van der Waals surface area (Å²) in [7, 11) is -4.03. The van der Waals surface area contributed by atoms with Crippen molar-refractivity contribution in [3.63, 3.8) is 0 Å². The molecule has 0 saturated carbocycles. The van der Waals surface area contributed by atoms with Gasteiger partial charge in [-0.1, -0.05) is 18.2 Å². The van der Waals surface area contributed by atoms with Crippen molar-refractivity contribution < 1.29 is 18.1 Å². The minimum Gasteiger partial charge on any atom is -0.366 e.